The molecule has 0 radical (unpaired) electrons. The number of ether oxygens (including phenoxy) is 1. The number of hydrogen-bond donors (Lipinski definition) is 2. The van der Waals surface area contributed by atoms with Gasteiger partial charge in [-0.1, -0.05) is 60.1 Å². The SMILES string of the molecule is CN(C[C@@H](O)[C@H](c1ccccc1)n1ccc2cc(OCc3ccccc3Cl)ccc21)C(=O)O. The summed E-state index contributed by atoms with van der Waals surface area (Å²) in [5.41, 5.74) is 2.71. The van der Waals surface area contributed by atoms with Crippen molar-refractivity contribution >= 4 is 28.6 Å². The highest BCUT2D eigenvalue weighted by Gasteiger charge is 2.26. The number of nitrogens with zero attached hydrogens (tertiary/aromatic N) is 2. The predicted molar refractivity (Wildman–Crippen MR) is 129 cm³/mol. The molecule has 170 valence electrons. The van der Waals surface area contributed by atoms with Gasteiger partial charge in [-0.2, -0.15) is 0 Å². The lowest BCUT2D eigenvalue weighted by Gasteiger charge is -2.28. The molecule has 6 nitrogen and oxygen atoms in total. The molecule has 7 heteroatoms. The number of benzene rings is 3. The van der Waals surface area contributed by atoms with E-state index in [4.69, 9.17) is 16.3 Å². The van der Waals surface area contributed by atoms with E-state index >= 15 is 0 Å². The third-order valence-electron chi connectivity index (χ3n) is 5.64. The normalized spacial score (nSPS) is 12.9. The van der Waals surface area contributed by atoms with E-state index in [2.05, 4.69) is 0 Å². The summed E-state index contributed by atoms with van der Waals surface area (Å²) in [5, 5.41) is 21.9. The summed E-state index contributed by atoms with van der Waals surface area (Å²) >= 11 is 6.22. The first-order chi connectivity index (χ1) is 15.9. The Bertz CT molecular complexity index is 1240. The molecule has 1 heterocycles. The molecule has 33 heavy (non-hydrogen) atoms. The van der Waals surface area contributed by atoms with Crippen LogP contribution >= 0.6 is 11.6 Å². The van der Waals surface area contributed by atoms with Crippen LogP contribution in [0, 0.1) is 0 Å². The van der Waals surface area contributed by atoms with Crippen LogP contribution < -0.4 is 4.74 Å². The highest BCUT2D eigenvalue weighted by molar-refractivity contribution is 6.31. The van der Waals surface area contributed by atoms with Crippen molar-refractivity contribution in [2.24, 2.45) is 0 Å². The lowest BCUT2D eigenvalue weighted by Crippen LogP contribution is -2.38. The first-order valence-electron chi connectivity index (χ1n) is 10.6. The third-order valence-corrected chi connectivity index (χ3v) is 6.01. The molecule has 2 atom stereocenters. The molecule has 0 aliphatic heterocycles. The second kappa shape index (κ2) is 9.98. The molecule has 2 N–H and O–H groups in total. The van der Waals surface area contributed by atoms with Crippen molar-refractivity contribution < 1.29 is 19.7 Å². The summed E-state index contributed by atoms with van der Waals surface area (Å²) in [4.78, 5) is 12.4. The van der Waals surface area contributed by atoms with Crippen LogP contribution in [0.4, 0.5) is 4.79 Å². The first-order valence-corrected chi connectivity index (χ1v) is 11.0. The highest BCUT2D eigenvalue weighted by Crippen LogP contribution is 2.31. The number of carbonyl (C=O) groups is 1. The zero-order chi connectivity index (χ0) is 23.4. The zero-order valence-electron chi connectivity index (χ0n) is 18.1. The van der Waals surface area contributed by atoms with Crippen LogP contribution in [0.2, 0.25) is 5.02 Å². The average Bonchev–Trinajstić information content (AvgIpc) is 3.22. The van der Waals surface area contributed by atoms with Crippen LogP contribution in [0.15, 0.2) is 85.1 Å². The van der Waals surface area contributed by atoms with E-state index in [9.17, 15) is 15.0 Å². The molecular formula is C26H25ClN2O4. The molecule has 4 aromatic rings. The minimum atomic E-state index is -1.08. The molecule has 0 aliphatic carbocycles. The van der Waals surface area contributed by atoms with E-state index in [1.165, 1.54) is 7.05 Å². The van der Waals surface area contributed by atoms with E-state index in [0.717, 1.165) is 26.9 Å². The van der Waals surface area contributed by atoms with Gasteiger partial charge in [0.1, 0.15) is 12.4 Å². The number of amides is 1. The van der Waals surface area contributed by atoms with Crippen molar-refractivity contribution in [3.05, 3.63) is 101 Å². The van der Waals surface area contributed by atoms with Crippen molar-refractivity contribution in [3.8, 4) is 5.75 Å². The fourth-order valence-corrected chi connectivity index (χ4v) is 4.12. The zero-order valence-corrected chi connectivity index (χ0v) is 18.9. The number of carboxylic acid groups (broad SMARTS) is 1. The fraction of sp³-hybridized carbons (Fsp3) is 0.192. The smallest absolute Gasteiger partial charge is 0.407 e. The Morgan fingerprint density at radius 3 is 2.52 bits per heavy atom. The van der Waals surface area contributed by atoms with Gasteiger partial charge in [-0.05, 0) is 35.9 Å². The molecular weight excluding hydrogens is 440 g/mol. The van der Waals surface area contributed by atoms with E-state index in [-0.39, 0.29) is 6.54 Å². The molecule has 1 amide bonds. The van der Waals surface area contributed by atoms with E-state index in [1.807, 2.05) is 89.6 Å². The van der Waals surface area contributed by atoms with Crippen molar-refractivity contribution in [2.45, 2.75) is 18.8 Å². The summed E-state index contributed by atoms with van der Waals surface area (Å²) in [6.07, 6.45) is -0.122. The Balaban J connectivity index is 1.63. The fourth-order valence-electron chi connectivity index (χ4n) is 3.93. The van der Waals surface area contributed by atoms with E-state index < -0.39 is 18.2 Å². The van der Waals surface area contributed by atoms with Crippen LogP contribution in [0.3, 0.4) is 0 Å². The molecule has 0 bridgehead atoms. The number of aliphatic hydroxyl groups is 1. The molecule has 0 unspecified atom stereocenters. The Morgan fingerprint density at radius 1 is 1.06 bits per heavy atom. The van der Waals surface area contributed by atoms with Gasteiger partial charge in [0.2, 0.25) is 0 Å². The van der Waals surface area contributed by atoms with Crippen LogP contribution in [0.5, 0.6) is 5.75 Å². The van der Waals surface area contributed by atoms with Gasteiger partial charge in [0.15, 0.2) is 0 Å². The average molecular weight is 465 g/mol. The van der Waals surface area contributed by atoms with Crippen LogP contribution in [0.1, 0.15) is 17.2 Å². The van der Waals surface area contributed by atoms with Crippen LogP contribution in [0.25, 0.3) is 10.9 Å². The summed E-state index contributed by atoms with van der Waals surface area (Å²) in [5.74, 6) is 0.711. The maximum absolute atomic E-state index is 11.3. The number of rotatable bonds is 8. The van der Waals surface area contributed by atoms with E-state index in [0.29, 0.717) is 17.4 Å². The van der Waals surface area contributed by atoms with Crippen molar-refractivity contribution in [1.82, 2.24) is 9.47 Å². The molecule has 0 aliphatic rings. The quantitative estimate of drug-likeness (QED) is 0.364. The standard InChI is InChI=1S/C26H25ClN2O4/c1-28(26(31)32)16-24(30)25(18-7-3-2-4-8-18)29-14-13-19-15-21(11-12-23(19)29)33-17-20-9-5-6-10-22(20)27/h2-15,24-25,30H,16-17H2,1H3,(H,31,32)/t24-,25+/m1/s1. The number of aliphatic hydroxyl groups excluding tert-OH is 1. The Labute approximate surface area is 197 Å². The first kappa shape index (κ1) is 22.7. The van der Waals surface area contributed by atoms with Gasteiger partial charge in [0.25, 0.3) is 0 Å². The summed E-state index contributed by atoms with van der Waals surface area (Å²) < 4.78 is 7.92. The molecule has 3 aromatic carbocycles. The van der Waals surface area contributed by atoms with E-state index in [1.54, 1.807) is 0 Å². The van der Waals surface area contributed by atoms with Gasteiger partial charge >= 0.3 is 6.09 Å². The number of fused-ring (bicyclic) bond motifs is 1. The van der Waals surface area contributed by atoms with Crippen molar-refractivity contribution in [3.63, 3.8) is 0 Å². The summed E-state index contributed by atoms with van der Waals surface area (Å²) in [7, 11) is 1.45. The second-order valence-electron chi connectivity index (χ2n) is 7.91. The number of hydrogen-bond acceptors (Lipinski definition) is 3. The number of halogens is 1. The number of likely N-dealkylation sites (N-methyl/N-ethyl adjacent to an activating group) is 1. The maximum Gasteiger partial charge on any atom is 0.407 e. The minimum Gasteiger partial charge on any atom is -0.489 e. The lowest BCUT2D eigenvalue weighted by molar-refractivity contribution is 0.0850. The third kappa shape index (κ3) is 5.13. The maximum atomic E-state index is 11.3. The largest absolute Gasteiger partial charge is 0.489 e. The van der Waals surface area contributed by atoms with Crippen molar-refractivity contribution in [2.75, 3.05) is 13.6 Å². The molecule has 4 rings (SSSR count). The Kier molecular flexibility index (Phi) is 6.87. The Morgan fingerprint density at radius 2 is 1.79 bits per heavy atom. The van der Waals surface area contributed by atoms with Gasteiger partial charge < -0.3 is 24.4 Å². The van der Waals surface area contributed by atoms with Gasteiger partial charge in [0, 0.05) is 34.7 Å². The van der Waals surface area contributed by atoms with Gasteiger partial charge in [0.05, 0.1) is 18.7 Å². The second-order valence-corrected chi connectivity index (χ2v) is 8.32. The summed E-state index contributed by atoms with van der Waals surface area (Å²) in [6, 6.07) is 24.4. The topological polar surface area (TPSA) is 74.9 Å². The lowest BCUT2D eigenvalue weighted by atomic mass is 10.0. The molecule has 1 aromatic heterocycles. The predicted octanol–water partition coefficient (Wildman–Crippen LogP) is 5.43. The van der Waals surface area contributed by atoms with Crippen LogP contribution in [-0.4, -0.2) is 45.5 Å². The molecule has 0 spiro atoms. The van der Waals surface area contributed by atoms with Gasteiger partial charge in [-0.25, -0.2) is 4.79 Å². The minimum absolute atomic E-state index is 0.0202. The van der Waals surface area contributed by atoms with Gasteiger partial charge in [-0.15, -0.1) is 0 Å². The molecule has 0 saturated heterocycles. The molecule has 0 saturated carbocycles. The number of aromatic nitrogens is 1. The molecule has 0 fully saturated rings. The monoisotopic (exact) mass is 464 g/mol. The van der Waals surface area contributed by atoms with Crippen molar-refractivity contribution in [1.29, 1.82) is 0 Å². The Hall–Kier alpha value is -3.48. The van der Waals surface area contributed by atoms with Crippen LogP contribution in [-0.2, 0) is 6.61 Å². The van der Waals surface area contributed by atoms with Gasteiger partial charge in [-0.3, -0.25) is 0 Å². The highest BCUT2D eigenvalue weighted by atomic mass is 35.5. The summed E-state index contributed by atoms with van der Waals surface area (Å²) in [6.45, 7) is 0.340.